The highest BCUT2D eigenvalue weighted by Crippen LogP contribution is 2.37. The van der Waals surface area contributed by atoms with E-state index in [2.05, 4.69) is 34.0 Å². The number of likely N-dealkylation sites (tertiary alicyclic amines) is 1. The van der Waals surface area contributed by atoms with E-state index >= 15 is 0 Å². The van der Waals surface area contributed by atoms with Gasteiger partial charge in [-0.05, 0) is 74.3 Å². The van der Waals surface area contributed by atoms with E-state index in [1.54, 1.807) is 4.90 Å². The number of nitrogens with one attached hydrogen (secondary N) is 1. The van der Waals surface area contributed by atoms with Crippen LogP contribution in [0.1, 0.15) is 50.1 Å². The third kappa shape index (κ3) is 3.76. The van der Waals surface area contributed by atoms with E-state index in [9.17, 15) is 4.79 Å². The predicted molar refractivity (Wildman–Crippen MR) is 97.4 cm³/mol. The maximum absolute atomic E-state index is 12.0. The number of thiophene rings is 1. The van der Waals surface area contributed by atoms with Gasteiger partial charge in [0.2, 0.25) is 0 Å². The Hall–Kier alpha value is -0.340. The number of halogens is 1. The topological polar surface area (TPSA) is 41.6 Å². The average Bonchev–Trinajstić information content (AvgIpc) is 2.71. The first-order valence-electron chi connectivity index (χ1n) is 7.84. The van der Waals surface area contributed by atoms with Crippen LogP contribution >= 0.6 is 33.9 Å². The molecular formula is C16H23IN2O2S. The highest BCUT2D eigenvalue weighted by Gasteiger charge is 2.35. The summed E-state index contributed by atoms with van der Waals surface area (Å²) in [6.45, 7) is 7.22. The summed E-state index contributed by atoms with van der Waals surface area (Å²) in [4.78, 5) is 15.3. The Bertz CT molecular complexity index is 561. The van der Waals surface area contributed by atoms with Crippen molar-refractivity contribution in [2.24, 2.45) is 0 Å². The van der Waals surface area contributed by atoms with Crippen LogP contribution in [0.15, 0.2) is 6.07 Å². The molecule has 1 fully saturated rings. The van der Waals surface area contributed by atoms with Crippen molar-refractivity contribution < 1.29 is 9.53 Å². The maximum atomic E-state index is 12.0. The molecule has 1 atom stereocenters. The Morgan fingerprint density at radius 3 is 2.86 bits per heavy atom. The Morgan fingerprint density at radius 2 is 2.18 bits per heavy atom. The second-order valence-corrected chi connectivity index (χ2v) is 10.2. The zero-order valence-corrected chi connectivity index (χ0v) is 16.3. The number of nitrogens with zero attached hydrogens (tertiary/aromatic N) is 1. The highest BCUT2D eigenvalue weighted by molar-refractivity contribution is 14.1. The molecule has 2 heterocycles. The first-order valence-corrected chi connectivity index (χ1v) is 9.73. The molecule has 1 aliphatic carbocycles. The quantitative estimate of drug-likeness (QED) is 0.718. The van der Waals surface area contributed by atoms with Crippen molar-refractivity contribution >= 4 is 40.0 Å². The van der Waals surface area contributed by atoms with Crippen molar-refractivity contribution in [3.63, 3.8) is 0 Å². The lowest BCUT2D eigenvalue weighted by Gasteiger charge is -2.42. The molecule has 1 aromatic heterocycles. The predicted octanol–water partition coefficient (Wildman–Crippen LogP) is 3.94. The Kier molecular flexibility index (Phi) is 4.71. The lowest BCUT2D eigenvalue weighted by atomic mass is 9.92. The molecule has 0 spiro atoms. The number of fused-ring (bicyclic) bond motifs is 1. The Morgan fingerprint density at radius 1 is 1.45 bits per heavy atom. The van der Waals surface area contributed by atoms with Gasteiger partial charge >= 0.3 is 6.09 Å². The number of ether oxygens (including phenoxy) is 1. The van der Waals surface area contributed by atoms with Crippen molar-refractivity contribution in [1.29, 1.82) is 0 Å². The van der Waals surface area contributed by atoms with Gasteiger partial charge in [0.05, 0.1) is 2.88 Å². The largest absolute Gasteiger partial charge is 0.444 e. The molecule has 2 aliphatic rings. The summed E-state index contributed by atoms with van der Waals surface area (Å²) >= 11 is 4.33. The van der Waals surface area contributed by atoms with Crippen LogP contribution in [0.25, 0.3) is 0 Å². The number of amides is 1. The molecule has 3 rings (SSSR count). The lowest BCUT2D eigenvalue weighted by Crippen LogP contribution is -2.61. The van der Waals surface area contributed by atoms with E-state index in [1.807, 2.05) is 32.1 Å². The van der Waals surface area contributed by atoms with Gasteiger partial charge < -0.3 is 15.0 Å². The van der Waals surface area contributed by atoms with Crippen LogP contribution in [0.5, 0.6) is 0 Å². The van der Waals surface area contributed by atoms with E-state index in [1.165, 1.54) is 32.6 Å². The standard InChI is InChI=1S/C16H23IN2O2S/c1-16(2,3)21-15(20)19-8-10(9-19)18-12-5-4-6-13-11(12)7-14(17)22-13/h7,10,12,18H,4-6,8-9H2,1-3H3. The van der Waals surface area contributed by atoms with Gasteiger partial charge in [-0.25, -0.2) is 4.79 Å². The molecule has 0 bridgehead atoms. The summed E-state index contributed by atoms with van der Waals surface area (Å²) < 4.78 is 6.77. The van der Waals surface area contributed by atoms with Crippen LogP contribution in [0.2, 0.25) is 0 Å². The fourth-order valence-corrected chi connectivity index (χ4v) is 5.16. The molecular weight excluding hydrogens is 411 g/mol. The van der Waals surface area contributed by atoms with E-state index < -0.39 is 5.60 Å². The first-order chi connectivity index (χ1) is 10.3. The summed E-state index contributed by atoms with van der Waals surface area (Å²) in [6.07, 6.45) is 3.47. The van der Waals surface area contributed by atoms with Gasteiger partial charge in [-0.3, -0.25) is 0 Å². The number of aryl methyl sites for hydroxylation is 1. The minimum absolute atomic E-state index is 0.194. The van der Waals surface area contributed by atoms with Gasteiger partial charge in [-0.2, -0.15) is 0 Å². The lowest BCUT2D eigenvalue weighted by molar-refractivity contribution is 0.00392. The molecule has 1 aliphatic heterocycles. The van der Waals surface area contributed by atoms with Crippen LogP contribution in [0.3, 0.4) is 0 Å². The van der Waals surface area contributed by atoms with Gasteiger partial charge in [0, 0.05) is 30.1 Å². The highest BCUT2D eigenvalue weighted by atomic mass is 127. The Labute approximate surface area is 149 Å². The smallest absolute Gasteiger partial charge is 0.410 e. The molecule has 22 heavy (non-hydrogen) atoms. The zero-order chi connectivity index (χ0) is 15.9. The third-order valence-electron chi connectivity index (χ3n) is 4.05. The zero-order valence-electron chi connectivity index (χ0n) is 13.3. The molecule has 0 radical (unpaired) electrons. The van der Waals surface area contributed by atoms with E-state index in [0.717, 1.165) is 13.1 Å². The summed E-state index contributed by atoms with van der Waals surface area (Å²) in [5, 5.41) is 3.73. The van der Waals surface area contributed by atoms with Crippen molar-refractivity contribution in [3.8, 4) is 0 Å². The van der Waals surface area contributed by atoms with Crippen LogP contribution < -0.4 is 5.32 Å². The van der Waals surface area contributed by atoms with E-state index in [-0.39, 0.29) is 6.09 Å². The second kappa shape index (κ2) is 6.28. The molecule has 1 N–H and O–H groups in total. The molecule has 122 valence electrons. The van der Waals surface area contributed by atoms with Gasteiger partial charge in [0.15, 0.2) is 0 Å². The molecule has 6 heteroatoms. The van der Waals surface area contributed by atoms with Gasteiger partial charge in [-0.1, -0.05) is 0 Å². The fourth-order valence-electron chi connectivity index (χ4n) is 3.04. The van der Waals surface area contributed by atoms with Crippen LogP contribution in [-0.4, -0.2) is 35.7 Å². The van der Waals surface area contributed by atoms with E-state index in [0.29, 0.717) is 12.1 Å². The van der Waals surface area contributed by atoms with Crippen molar-refractivity contribution in [2.75, 3.05) is 13.1 Å². The normalized spacial score (nSPS) is 22.2. The monoisotopic (exact) mass is 434 g/mol. The first kappa shape index (κ1) is 16.5. The molecule has 1 unspecified atom stereocenters. The average molecular weight is 434 g/mol. The van der Waals surface area contributed by atoms with Crippen LogP contribution in [0, 0.1) is 2.88 Å². The molecule has 0 saturated carbocycles. The van der Waals surface area contributed by atoms with Crippen molar-refractivity contribution in [1.82, 2.24) is 10.2 Å². The summed E-state index contributed by atoms with van der Waals surface area (Å²) in [5.41, 5.74) is 1.07. The van der Waals surface area contributed by atoms with Gasteiger partial charge in [0.25, 0.3) is 0 Å². The number of rotatable bonds is 2. The van der Waals surface area contributed by atoms with Gasteiger partial charge in [-0.15, -0.1) is 11.3 Å². The minimum atomic E-state index is -0.415. The number of hydrogen-bond acceptors (Lipinski definition) is 4. The second-order valence-electron chi connectivity index (χ2n) is 7.12. The molecule has 1 saturated heterocycles. The molecule has 0 aromatic carbocycles. The van der Waals surface area contributed by atoms with Gasteiger partial charge in [0.1, 0.15) is 5.60 Å². The maximum Gasteiger partial charge on any atom is 0.410 e. The Balaban J connectivity index is 1.52. The van der Waals surface area contributed by atoms with Crippen LogP contribution in [-0.2, 0) is 11.2 Å². The molecule has 4 nitrogen and oxygen atoms in total. The SMILES string of the molecule is CC(C)(C)OC(=O)N1CC(NC2CCCc3sc(I)cc32)C1. The summed E-state index contributed by atoms with van der Waals surface area (Å²) in [6, 6.07) is 3.16. The van der Waals surface area contributed by atoms with Crippen molar-refractivity contribution in [2.45, 2.75) is 57.7 Å². The fraction of sp³-hybridized carbons (Fsp3) is 0.688. The molecule has 1 aromatic rings. The number of carbonyl (C=O) groups excluding carboxylic acids is 1. The van der Waals surface area contributed by atoms with Crippen molar-refractivity contribution in [3.05, 3.63) is 19.4 Å². The third-order valence-corrected chi connectivity index (χ3v) is 6.02. The number of carbonyl (C=O) groups is 1. The summed E-state index contributed by atoms with van der Waals surface area (Å²) in [5.74, 6) is 0. The van der Waals surface area contributed by atoms with Crippen LogP contribution in [0.4, 0.5) is 4.79 Å². The minimum Gasteiger partial charge on any atom is -0.444 e. The van der Waals surface area contributed by atoms with E-state index in [4.69, 9.17) is 4.74 Å². The summed E-state index contributed by atoms with van der Waals surface area (Å²) in [7, 11) is 0. The molecule has 1 amide bonds. The number of hydrogen-bond donors (Lipinski definition) is 1.